The molecule has 0 spiro atoms. The summed E-state index contributed by atoms with van der Waals surface area (Å²) in [6, 6.07) is 10.4. The lowest BCUT2D eigenvalue weighted by Crippen LogP contribution is -2.38. The largest absolute Gasteiger partial charge is 0.361 e. The van der Waals surface area contributed by atoms with E-state index in [0.29, 0.717) is 6.54 Å². The number of hydrogen-bond donors (Lipinski definition) is 2. The first-order valence-electron chi connectivity index (χ1n) is 8.94. The molecule has 25 heavy (non-hydrogen) atoms. The zero-order valence-electron chi connectivity index (χ0n) is 15.3. The van der Waals surface area contributed by atoms with Gasteiger partial charge in [-0.3, -0.25) is 0 Å². The standard InChI is InChI=1S/C19H28N4OS/c1-4-17-16(18(5-2)24-23-17)14-22-19(20-6-3)21-12-13-25-15-10-8-7-9-11-15/h7-11H,4-6,12-14H2,1-3H3,(H2,20,21,22). The number of benzene rings is 1. The average molecular weight is 361 g/mol. The number of thioether (sulfide) groups is 1. The second-order valence-corrected chi connectivity index (χ2v) is 6.69. The minimum atomic E-state index is 0.594. The Morgan fingerprint density at radius 3 is 2.60 bits per heavy atom. The van der Waals surface area contributed by atoms with Crippen LogP contribution in [-0.2, 0) is 19.4 Å². The fourth-order valence-corrected chi connectivity index (χ4v) is 3.26. The van der Waals surface area contributed by atoms with E-state index in [-0.39, 0.29) is 0 Å². The molecule has 0 saturated heterocycles. The Balaban J connectivity index is 1.89. The molecule has 1 aromatic carbocycles. The molecule has 2 rings (SSSR count). The number of guanidine groups is 1. The smallest absolute Gasteiger partial charge is 0.191 e. The molecule has 5 nitrogen and oxygen atoms in total. The van der Waals surface area contributed by atoms with Gasteiger partial charge in [-0.1, -0.05) is 37.2 Å². The van der Waals surface area contributed by atoms with Crippen molar-refractivity contribution in [1.29, 1.82) is 0 Å². The summed E-state index contributed by atoms with van der Waals surface area (Å²) in [5.41, 5.74) is 2.14. The Labute approximate surface area is 154 Å². The second-order valence-electron chi connectivity index (χ2n) is 5.52. The van der Waals surface area contributed by atoms with Gasteiger partial charge in [0.1, 0.15) is 5.76 Å². The van der Waals surface area contributed by atoms with E-state index >= 15 is 0 Å². The lowest BCUT2D eigenvalue weighted by Gasteiger charge is -2.11. The van der Waals surface area contributed by atoms with Gasteiger partial charge in [-0.15, -0.1) is 11.8 Å². The third-order valence-corrected chi connectivity index (χ3v) is 4.77. The van der Waals surface area contributed by atoms with Crippen LogP contribution >= 0.6 is 11.8 Å². The summed E-state index contributed by atoms with van der Waals surface area (Å²) in [7, 11) is 0. The predicted molar refractivity (Wildman–Crippen MR) is 105 cm³/mol. The first-order valence-corrected chi connectivity index (χ1v) is 9.93. The highest BCUT2D eigenvalue weighted by Crippen LogP contribution is 2.17. The normalized spacial score (nSPS) is 11.6. The molecule has 0 fully saturated rings. The summed E-state index contributed by atoms with van der Waals surface area (Å²) in [6.45, 7) is 8.53. The van der Waals surface area contributed by atoms with Gasteiger partial charge in [-0.05, 0) is 25.5 Å². The van der Waals surface area contributed by atoms with Crippen LogP contribution in [0.2, 0.25) is 0 Å². The fourth-order valence-electron chi connectivity index (χ4n) is 2.47. The molecular formula is C19H28N4OS. The van der Waals surface area contributed by atoms with Gasteiger partial charge in [0.05, 0.1) is 12.2 Å². The van der Waals surface area contributed by atoms with E-state index in [1.54, 1.807) is 0 Å². The van der Waals surface area contributed by atoms with Crippen LogP contribution in [0.4, 0.5) is 0 Å². The van der Waals surface area contributed by atoms with Crippen LogP contribution in [0, 0.1) is 0 Å². The molecule has 2 aromatic rings. The van der Waals surface area contributed by atoms with Crippen molar-refractivity contribution in [1.82, 2.24) is 15.8 Å². The summed E-state index contributed by atoms with van der Waals surface area (Å²) in [4.78, 5) is 5.99. The van der Waals surface area contributed by atoms with E-state index in [2.05, 4.69) is 60.8 Å². The minimum Gasteiger partial charge on any atom is -0.361 e. The molecule has 0 amide bonds. The maximum absolute atomic E-state index is 5.41. The molecule has 0 aliphatic heterocycles. The molecule has 1 aromatic heterocycles. The summed E-state index contributed by atoms with van der Waals surface area (Å²) in [6.07, 6.45) is 1.71. The summed E-state index contributed by atoms with van der Waals surface area (Å²) in [5, 5.41) is 10.8. The van der Waals surface area contributed by atoms with Crippen LogP contribution in [0.15, 0.2) is 44.7 Å². The molecule has 0 aliphatic rings. The van der Waals surface area contributed by atoms with Crippen molar-refractivity contribution in [2.45, 2.75) is 45.1 Å². The summed E-state index contributed by atoms with van der Waals surface area (Å²) < 4.78 is 5.41. The number of aliphatic imine (C=N–C) groups is 1. The average Bonchev–Trinajstić information content (AvgIpc) is 3.06. The highest BCUT2D eigenvalue weighted by atomic mass is 32.2. The van der Waals surface area contributed by atoms with Crippen molar-refractivity contribution in [3.8, 4) is 0 Å². The van der Waals surface area contributed by atoms with Crippen molar-refractivity contribution >= 4 is 17.7 Å². The van der Waals surface area contributed by atoms with Crippen molar-refractivity contribution < 1.29 is 4.52 Å². The number of nitrogens with zero attached hydrogens (tertiary/aromatic N) is 2. The third-order valence-electron chi connectivity index (χ3n) is 3.75. The topological polar surface area (TPSA) is 62.5 Å². The van der Waals surface area contributed by atoms with E-state index in [4.69, 9.17) is 9.52 Å². The van der Waals surface area contributed by atoms with Gasteiger partial charge in [0.2, 0.25) is 0 Å². The molecule has 2 N–H and O–H groups in total. The Hall–Kier alpha value is -1.95. The molecule has 0 radical (unpaired) electrons. The van der Waals surface area contributed by atoms with Crippen molar-refractivity contribution in [2.75, 3.05) is 18.8 Å². The molecular weight excluding hydrogens is 332 g/mol. The zero-order valence-corrected chi connectivity index (χ0v) is 16.2. The predicted octanol–water partition coefficient (Wildman–Crippen LogP) is 3.65. The molecule has 1 heterocycles. The van der Waals surface area contributed by atoms with Gasteiger partial charge >= 0.3 is 0 Å². The highest BCUT2D eigenvalue weighted by Gasteiger charge is 2.12. The third kappa shape index (κ3) is 6.12. The van der Waals surface area contributed by atoms with Gasteiger partial charge in [0.15, 0.2) is 5.96 Å². The monoisotopic (exact) mass is 360 g/mol. The lowest BCUT2D eigenvalue weighted by molar-refractivity contribution is 0.380. The van der Waals surface area contributed by atoms with Gasteiger partial charge in [0.25, 0.3) is 0 Å². The Morgan fingerprint density at radius 2 is 1.92 bits per heavy atom. The molecule has 0 unspecified atom stereocenters. The number of rotatable bonds is 9. The van der Waals surface area contributed by atoms with Gasteiger partial charge in [0, 0.05) is 35.7 Å². The number of hydrogen-bond acceptors (Lipinski definition) is 4. The number of nitrogens with one attached hydrogen (secondary N) is 2. The quantitative estimate of drug-likeness (QED) is 0.309. The molecule has 0 saturated carbocycles. The van der Waals surface area contributed by atoms with Gasteiger partial charge in [-0.25, -0.2) is 4.99 Å². The van der Waals surface area contributed by atoms with Crippen LogP contribution in [0.5, 0.6) is 0 Å². The van der Waals surface area contributed by atoms with E-state index in [0.717, 1.165) is 54.7 Å². The Kier molecular flexibility index (Phi) is 8.39. The van der Waals surface area contributed by atoms with Crippen LogP contribution < -0.4 is 10.6 Å². The lowest BCUT2D eigenvalue weighted by atomic mass is 10.1. The van der Waals surface area contributed by atoms with Crippen LogP contribution in [0.1, 0.15) is 37.8 Å². The molecule has 136 valence electrons. The van der Waals surface area contributed by atoms with Crippen LogP contribution in [-0.4, -0.2) is 30.0 Å². The SMILES string of the molecule is CCNC(=NCc1c(CC)noc1CC)NCCSc1ccccc1. The Morgan fingerprint density at radius 1 is 1.12 bits per heavy atom. The van der Waals surface area contributed by atoms with Crippen LogP contribution in [0.3, 0.4) is 0 Å². The van der Waals surface area contributed by atoms with Crippen molar-refractivity contribution in [2.24, 2.45) is 4.99 Å². The van der Waals surface area contributed by atoms with E-state index in [9.17, 15) is 0 Å². The summed E-state index contributed by atoms with van der Waals surface area (Å²) >= 11 is 1.84. The maximum Gasteiger partial charge on any atom is 0.191 e. The highest BCUT2D eigenvalue weighted by molar-refractivity contribution is 7.99. The zero-order chi connectivity index (χ0) is 17.9. The van der Waals surface area contributed by atoms with Gasteiger partial charge in [-0.2, -0.15) is 0 Å². The van der Waals surface area contributed by atoms with Crippen molar-refractivity contribution in [3.63, 3.8) is 0 Å². The van der Waals surface area contributed by atoms with E-state index in [1.807, 2.05) is 17.8 Å². The fraction of sp³-hybridized carbons (Fsp3) is 0.474. The first kappa shape index (κ1) is 19.4. The van der Waals surface area contributed by atoms with E-state index < -0.39 is 0 Å². The summed E-state index contributed by atoms with van der Waals surface area (Å²) in [5.74, 6) is 2.76. The molecule has 0 aliphatic carbocycles. The number of aromatic nitrogens is 1. The first-order chi connectivity index (χ1) is 12.3. The van der Waals surface area contributed by atoms with E-state index in [1.165, 1.54) is 4.90 Å². The maximum atomic E-state index is 5.41. The van der Waals surface area contributed by atoms with Crippen LogP contribution in [0.25, 0.3) is 0 Å². The molecule has 6 heteroatoms. The second kappa shape index (κ2) is 10.8. The molecule has 0 bridgehead atoms. The van der Waals surface area contributed by atoms with Crippen molar-refractivity contribution in [3.05, 3.63) is 47.3 Å². The van der Waals surface area contributed by atoms with Gasteiger partial charge < -0.3 is 15.2 Å². The number of aryl methyl sites for hydroxylation is 2. The molecule has 0 atom stereocenters. The Bertz CT molecular complexity index is 633. The minimum absolute atomic E-state index is 0.594.